The lowest BCUT2D eigenvalue weighted by molar-refractivity contribution is -0.0726. The van der Waals surface area contributed by atoms with Crippen LogP contribution in [0.3, 0.4) is 0 Å². The van der Waals surface area contributed by atoms with Crippen molar-refractivity contribution in [2.75, 3.05) is 19.8 Å². The van der Waals surface area contributed by atoms with E-state index in [0.717, 1.165) is 12.8 Å². The van der Waals surface area contributed by atoms with E-state index >= 15 is 0 Å². The molecule has 0 unspecified atom stereocenters. The van der Waals surface area contributed by atoms with Crippen LogP contribution >= 0.6 is 0 Å². The lowest BCUT2D eigenvalue weighted by Crippen LogP contribution is -2.41. The van der Waals surface area contributed by atoms with E-state index in [9.17, 15) is 10.2 Å². The zero-order valence-electron chi connectivity index (χ0n) is 17.9. The number of ether oxygens (including phenoxy) is 2. The maximum absolute atomic E-state index is 10.0. The molecule has 3 N–H and O–H groups in total. The van der Waals surface area contributed by atoms with Crippen molar-refractivity contribution in [3.8, 4) is 0 Å². The quantitative estimate of drug-likeness (QED) is 0.238. The largest absolute Gasteiger partial charge is 0.394 e. The first-order valence-electron chi connectivity index (χ1n) is 11.6. The summed E-state index contributed by atoms with van der Waals surface area (Å²) in [5, 5.41) is 28.5. The molecule has 0 bridgehead atoms. The average Bonchev–Trinajstić information content (AvgIpc) is 3.07. The summed E-state index contributed by atoms with van der Waals surface area (Å²) in [6.07, 6.45) is 18.2. The van der Waals surface area contributed by atoms with Crippen molar-refractivity contribution in [3.05, 3.63) is 12.2 Å². The van der Waals surface area contributed by atoms with Gasteiger partial charge in [-0.3, -0.25) is 0 Å². The second-order valence-corrected chi connectivity index (χ2v) is 8.03. The van der Waals surface area contributed by atoms with Crippen molar-refractivity contribution < 1.29 is 24.8 Å². The molecule has 5 nitrogen and oxygen atoms in total. The lowest BCUT2D eigenvalue weighted by atomic mass is 10.1. The summed E-state index contributed by atoms with van der Waals surface area (Å²) in [5.74, 6) is 0. The Balaban J connectivity index is 1.86. The molecule has 1 aliphatic heterocycles. The second-order valence-electron chi connectivity index (χ2n) is 8.03. The summed E-state index contributed by atoms with van der Waals surface area (Å²) < 4.78 is 10.9. The van der Waals surface area contributed by atoms with Crippen LogP contribution in [-0.4, -0.2) is 59.6 Å². The van der Waals surface area contributed by atoms with E-state index in [2.05, 4.69) is 19.1 Å². The van der Waals surface area contributed by atoms with E-state index < -0.39 is 31.0 Å². The first kappa shape index (κ1) is 25.6. The van der Waals surface area contributed by atoms with E-state index in [-0.39, 0.29) is 6.61 Å². The maximum Gasteiger partial charge on any atom is 0.114 e. The highest BCUT2D eigenvalue weighted by Gasteiger charge is 2.40. The van der Waals surface area contributed by atoms with Crippen LogP contribution in [0.15, 0.2) is 12.2 Å². The molecule has 0 aliphatic carbocycles. The van der Waals surface area contributed by atoms with Crippen molar-refractivity contribution in [1.82, 2.24) is 0 Å². The Bertz CT molecular complexity index is 374. The van der Waals surface area contributed by atoms with Crippen molar-refractivity contribution >= 4 is 0 Å². The van der Waals surface area contributed by atoms with Crippen LogP contribution in [0.5, 0.6) is 0 Å². The normalized spacial score (nSPS) is 23.6. The van der Waals surface area contributed by atoms with E-state index in [1.165, 1.54) is 70.6 Å². The predicted molar refractivity (Wildman–Crippen MR) is 113 cm³/mol. The molecule has 1 heterocycles. The Kier molecular flexibility index (Phi) is 15.9. The minimum Gasteiger partial charge on any atom is -0.394 e. The fourth-order valence-electron chi connectivity index (χ4n) is 3.65. The van der Waals surface area contributed by atoms with Gasteiger partial charge < -0.3 is 24.8 Å². The Hall–Kier alpha value is -0.460. The summed E-state index contributed by atoms with van der Waals surface area (Å²) in [7, 11) is 0. The number of hydrogen-bond acceptors (Lipinski definition) is 5. The molecule has 28 heavy (non-hydrogen) atoms. The fraction of sp³-hybridized carbons (Fsp3) is 0.913. The first-order valence-corrected chi connectivity index (χ1v) is 11.6. The van der Waals surface area contributed by atoms with Gasteiger partial charge in [0.2, 0.25) is 0 Å². The lowest BCUT2D eigenvalue weighted by Gasteiger charge is -2.20. The molecule has 1 rings (SSSR count). The van der Waals surface area contributed by atoms with E-state index in [4.69, 9.17) is 14.6 Å². The van der Waals surface area contributed by atoms with Crippen LogP contribution < -0.4 is 0 Å². The van der Waals surface area contributed by atoms with Crippen LogP contribution in [0.2, 0.25) is 0 Å². The molecule has 5 heteroatoms. The third-order valence-electron chi connectivity index (χ3n) is 5.49. The topological polar surface area (TPSA) is 79.2 Å². The monoisotopic (exact) mass is 400 g/mol. The third-order valence-corrected chi connectivity index (χ3v) is 5.49. The molecule has 0 aromatic rings. The minimum absolute atomic E-state index is 0.255. The highest BCUT2D eigenvalue weighted by molar-refractivity contribution is 4.89. The smallest absolute Gasteiger partial charge is 0.114 e. The van der Waals surface area contributed by atoms with Crippen LogP contribution in [-0.2, 0) is 9.47 Å². The van der Waals surface area contributed by atoms with Crippen LogP contribution in [0.25, 0.3) is 0 Å². The third kappa shape index (κ3) is 11.5. The van der Waals surface area contributed by atoms with Crippen molar-refractivity contribution in [2.24, 2.45) is 0 Å². The van der Waals surface area contributed by atoms with E-state index in [1.807, 2.05) is 0 Å². The van der Waals surface area contributed by atoms with Crippen molar-refractivity contribution in [2.45, 2.75) is 115 Å². The fourth-order valence-corrected chi connectivity index (χ4v) is 3.65. The maximum atomic E-state index is 10.0. The Labute approximate surface area is 172 Å². The number of hydrogen-bond donors (Lipinski definition) is 3. The average molecular weight is 401 g/mol. The molecule has 4 atom stereocenters. The molecule has 0 saturated carbocycles. The summed E-state index contributed by atoms with van der Waals surface area (Å²) >= 11 is 0. The molecular weight excluding hydrogens is 356 g/mol. The SMILES string of the molecule is CCCCCCCCCCCCC/C=C/CCO[C@H]1CO[C@H]([C@H](O)CO)[C@@H]1O. The van der Waals surface area contributed by atoms with Gasteiger partial charge in [0.1, 0.15) is 24.4 Å². The number of allylic oxidation sites excluding steroid dienone is 1. The van der Waals surface area contributed by atoms with Gasteiger partial charge in [0.25, 0.3) is 0 Å². The number of aliphatic hydroxyl groups excluding tert-OH is 3. The van der Waals surface area contributed by atoms with Crippen LogP contribution in [0.4, 0.5) is 0 Å². The second kappa shape index (κ2) is 17.4. The predicted octanol–water partition coefficient (Wildman–Crippen LogP) is 4.13. The van der Waals surface area contributed by atoms with Crippen molar-refractivity contribution in [1.29, 1.82) is 0 Å². The minimum atomic E-state index is -1.06. The Morgan fingerprint density at radius 2 is 1.50 bits per heavy atom. The van der Waals surface area contributed by atoms with Gasteiger partial charge in [0.15, 0.2) is 0 Å². The highest BCUT2D eigenvalue weighted by Crippen LogP contribution is 2.20. The molecular formula is C23H44O5. The molecule has 0 amide bonds. The Morgan fingerprint density at radius 1 is 0.929 bits per heavy atom. The van der Waals surface area contributed by atoms with Crippen molar-refractivity contribution in [3.63, 3.8) is 0 Å². The highest BCUT2D eigenvalue weighted by atomic mass is 16.6. The molecule has 0 spiro atoms. The first-order chi connectivity index (χ1) is 13.7. The zero-order chi connectivity index (χ0) is 20.5. The molecule has 166 valence electrons. The number of unbranched alkanes of at least 4 members (excludes halogenated alkanes) is 11. The molecule has 1 saturated heterocycles. The van der Waals surface area contributed by atoms with Gasteiger partial charge in [-0.2, -0.15) is 0 Å². The van der Waals surface area contributed by atoms with Gasteiger partial charge in [0.05, 0.1) is 19.8 Å². The van der Waals surface area contributed by atoms with Gasteiger partial charge in [-0.15, -0.1) is 0 Å². The Morgan fingerprint density at radius 3 is 2.11 bits per heavy atom. The molecule has 0 aromatic carbocycles. The van der Waals surface area contributed by atoms with E-state index in [0.29, 0.717) is 6.61 Å². The summed E-state index contributed by atoms with van der Waals surface area (Å²) in [6, 6.07) is 0. The molecule has 0 aromatic heterocycles. The summed E-state index contributed by atoms with van der Waals surface area (Å²) in [5.41, 5.74) is 0. The zero-order valence-corrected chi connectivity index (χ0v) is 17.9. The van der Waals surface area contributed by atoms with Crippen LogP contribution in [0.1, 0.15) is 90.4 Å². The standard InChI is InChI=1S/C23H44O5/c1-2-3-4-5-6-7-8-9-10-11-12-13-14-15-16-17-27-21-19-28-23(22(21)26)20(25)18-24/h14-15,20-26H,2-13,16-19H2,1H3/b15-14+/t20-,21+,22-,23-/m1/s1. The molecule has 0 radical (unpaired) electrons. The van der Waals surface area contributed by atoms with Gasteiger partial charge in [0, 0.05) is 0 Å². The van der Waals surface area contributed by atoms with Gasteiger partial charge in [-0.25, -0.2) is 0 Å². The molecule has 1 aliphatic rings. The number of rotatable bonds is 18. The van der Waals surface area contributed by atoms with Gasteiger partial charge in [-0.1, -0.05) is 83.3 Å². The summed E-state index contributed by atoms with van der Waals surface area (Å²) in [6.45, 7) is 2.63. The molecule has 1 fully saturated rings. The van der Waals surface area contributed by atoms with Crippen LogP contribution in [0, 0.1) is 0 Å². The summed E-state index contributed by atoms with van der Waals surface area (Å²) in [4.78, 5) is 0. The van der Waals surface area contributed by atoms with E-state index in [1.54, 1.807) is 0 Å². The van der Waals surface area contributed by atoms with Gasteiger partial charge >= 0.3 is 0 Å². The number of aliphatic hydroxyl groups is 3. The van der Waals surface area contributed by atoms with Gasteiger partial charge in [-0.05, 0) is 19.3 Å².